The predicted octanol–water partition coefficient (Wildman–Crippen LogP) is 3.72. The zero-order valence-corrected chi connectivity index (χ0v) is 13.2. The van der Waals surface area contributed by atoms with Crippen LogP contribution in [0.25, 0.3) is 0 Å². The van der Waals surface area contributed by atoms with Crippen molar-refractivity contribution in [3.05, 3.63) is 35.4 Å². The zero-order chi connectivity index (χ0) is 14.6. The first-order valence-corrected chi connectivity index (χ1v) is 8.11. The second-order valence-electron chi connectivity index (χ2n) is 6.47. The number of likely N-dealkylation sites (tertiary alicyclic amines) is 1. The van der Waals surface area contributed by atoms with Crippen LogP contribution in [0.2, 0.25) is 0 Å². The molecule has 20 heavy (non-hydrogen) atoms. The van der Waals surface area contributed by atoms with Crippen molar-refractivity contribution in [2.45, 2.75) is 64.5 Å². The largest absolute Gasteiger partial charge is 0.385 e. The van der Waals surface area contributed by atoms with E-state index in [0.717, 1.165) is 50.8 Å². The van der Waals surface area contributed by atoms with Crippen LogP contribution >= 0.6 is 0 Å². The summed E-state index contributed by atoms with van der Waals surface area (Å²) in [6, 6.07) is 9.17. The Balaban J connectivity index is 2.15. The number of aryl methyl sites for hydroxylation is 1. The SMILES string of the molecule is CCCc1cccc(C2(O)CCCN(C(C)C)CC2)c1. The monoisotopic (exact) mass is 275 g/mol. The smallest absolute Gasteiger partial charge is 0.0909 e. The summed E-state index contributed by atoms with van der Waals surface area (Å²) in [6.07, 6.45) is 5.06. The van der Waals surface area contributed by atoms with Gasteiger partial charge in [0.25, 0.3) is 0 Å². The Morgan fingerprint density at radius 2 is 2.05 bits per heavy atom. The van der Waals surface area contributed by atoms with Gasteiger partial charge in [0.2, 0.25) is 0 Å². The zero-order valence-electron chi connectivity index (χ0n) is 13.2. The summed E-state index contributed by atoms with van der Waals surface area (Å²) in [5.41, 5.74) is 1.84. The highest BCUT2D eigenvalue weighted by Gasteiger charge is 2.32. The van der Waals surface area contributed by atoms with Gasteiger partial charge in [0.1, 0.15) is 0 Å². The molecule has 1 saturated heterocycles. The van der Waals surface area contributed by atoms with E-state index < -0.39 is 5.60 Å². The minimum atomic E-state index is -0.632. The van der Waals surface area contributed by atoms with Gasteiger partial charge in [0.15, 0.2) is 0 Å². The van der Waals surface area contributed by atoms with Gasteiger partial charge in [-0.1, -0.05) is 37.6 Å². The van der Waals surface area contributed by atoms with Crippen molar-refractivity contribution >= 4 is 0 Å². The van der Waals surface area contributed by atoms with Crippen LogP contribution in [0.15, 0.2) is 24.3 Å². The normalized spacial score (nSPS) is 24.9. The van der Waals surface area contributed by atoms with Gasteiger partial charge in [-0.3, -0.25) is 0 Å². The molecule has 1 aliphatic rings. The third kappa shape index (κ3) is 3.62. The lowest BCUT2D eigenvalue weighted by molar-refractivity contribution is 0.0203. The standard InChI is InChI=1S/C18H29NO/c1-4-7-16-8-5-9-17(14-16)18(20)10-6-12-19(13-11-18)15(2)3/h5,8-9,14-15,20H,4,6-7,10-13H2,1-3H3. The van der Waals surface area contributed by atoms with E-state index >= 15 is 0 Å². The fourth-order valence-corrected chi connectivity index (χ4v) is 3.25. The summed E-state index contributed by atoms with van der Waals surface area (Å²) in [7, 11) is 0. The third-order valence-electron chi connectivity index (χ3n) is 4.58. The molecule has 1 N–H and O–H groups in total. The first-order chi connectivity index (χ1) is 9.55. The molecule has 0 aromatic heterocycles. The van der Waals surface area contributed by atoms with Gasteiger partial charge in [-0.25, -0.2) is 0 Å². The molecule has 2 heteroatoms. The Labute approximate surface area is 123 Å². The number of rotatable bonds is 4. The summed E-state index contributed by atoms with van der Waals surface area (Å²) < 4.78 is 0. The minimum absolute atomic E-state index is 0.573. The first kappa shape index (κ1) is 15.5. The quantitative estimate of drug-likeness (QED) is 0.905. The van der Waals surface area contributed by atoms with Crippen LogP contribution in [0.3, 0.4) is 0 Å². The van der Waals surface area contributed by atoms with Crippen LogP contribution in [0.5, 0.6) is 0 Å². The average Bonchev–Trinajstić information content (AvgIpc) is 2.63. The number of benzene rings is 1. The van der Waals surface area contributed by atoms with E-state index in [4.69, 9.17) is 0 Å². The van der Waals surface area contributed by atoms with E-state index in [-0.39, 0.29) is 0 Å². The molecule has 0 saturated carbocycles. The summed E-state index contributed by atoms with van der Waals surface area (Å²) in [6.45, 7) is 8.78. The Morgan fingerprint density at radius 3 is 2.75 bits per heavy atom. The Kier molecular flexibility index (Phi) is 5.22. The maximum Gasteiger partial charge on any atom is 0.0909 e. The van der Waals surface area contributed by atoms with Crippen LogP contribution in [0.1, 0.15) is 57.6 Å². The average molecular weight is 275 g/mol. The molecule has 1 aliphatic heterocycles. The fourth-order valence-electron chi connectivity index (χ4n) is 3.25. The van der Waals surface area contributed by atoms with Gasteiger partial charge in [-0.05, 0) is 57.2 Å². The molecule has 0 radical (unpaired) electrons. The van der Waals surface area contributed by atoms with Gasteiger partial charge in [0, 0.05) is 12.6 Å². The van der Waals surface area contributed by atoms with E-state index in [2.05, 4.69) is 49.9 Å². The van der Waals surface area contributed by atoms with Gasteiger partial charge in [-0.2, -0.15) is 0 Å². The van der Waals surface area contributed by atoms with Crippen molar-refractivity contribution in [1.29, 1.82) is 0 Å². The molecule has 2 nitrogen and oxygen atoms in total. The second kappa shape index (κ2) is 6.73. The van der Waals surface area contributed by atoms with E-state index in [1.165, 1.54) is 5.56 Å². The molecule has 0 spiro atoms. The Bertz CT molecular complexity index is 429. The van der Waals surface area contributed by atoms with Crippen molar-refractivity contribution in [2.75, 3.05) is 13.1 Å². The van der Waals surface area contributed by atoms with Crippen molar-refractivity contribution in [1.82, 2.24) is 4.90 Å². The fraction of sp³-hybridized carbons (Fsp3) is 0.667. The minimum Gasteiger partial charge on any atom is -0.385 e. The van der Waals surface area contributed by atoms with E-state index in [1.54, 1.807) is 0 Å². The molecule has 1 fully saturated rings. The predicted molar refractivity (Wildman–Crippen MR) is 84.9 cm³/mol. The van der Waals surface area contributed by atoms with Crippen molar-refractivity contribution < 1.29 is 5.11 Å². The number of nitrogens with zero attached hydrogens (tertiary/aromatic N) is 1. The van der Waals surface area contributed by atoms with Gasteiger partial charge in [0.05, 0.1) is 5.60 Å². The molecule has 112 valence electrons. The lowest BCUT2D eigenvalue weighted by Crippen LogP contribution is -2.33. The molecule has 1 atom stereocenters. The molecule has 1 aromatic carbocycles. The van der Waals surface area contributed by atoms with Crippen molar-refractivity contribution in [2.24, 2.45) is 0 Å². The molecule has 1 aromatic rings. The lowest BCUT2D eigenvalue weighted by atomic mass is 9.85. The van der Waals surface area contributed by atoms with Gasteiger partial charge >= 0.3 is 0 Å². The first-order valence-electron chi connectivity index (χ1n) is 8.11. The van der Waals surface area contributed by atoms with Crippen molar-refractivity contribution in [3.63, 3.8) is 0 Å². The molecule has 0 amide bonds. The highest BCUT2D eigenvalue weighted by Crippen LogP contribution is 2.33. The topological polar surface area (TPSA) is 23.5 Å². The third-order valence-corrected chi connectivity index (χ3v) is 4.58. The highest BCUT2D eigenvalue weighted by atomic mass is 16.3. The molecule has 0 aliphatic carbocycles. The maximum absolute atomic E-state index is 11.1. The van der Waals surface area contributed by atoms with Gasteiger partial charge < -0.3 is 10.0 Å². The lowest BCUT2D eigenvalue weighted by Gasteiger charge is -2.29. The van der Waals surface area contributed by atoms with E-state index in [1.807, 2.05) is 0 Å². The van der Waals surface area contributed by atoms with Gasteiger partial charge in [-0.15, -0.1) is 0 Å². The number of aliphatic hydroxyl groups is 1. The van der Waals surface area contributed by atoms with E-state index in [9.17, 15) is 5.11 Å². The van der Waals surface area contributed by atoms with Crippen LogP contribution in [-0.2, 0) is 12.0 Å². The Morgan fingerprint density at radius 1 is 1.25 bits per heavy atom. The van der Waals surface area contributed by atoms with Crippen LogP contribution < -0.4 is 0 Å². The van der Waals surface area contributed by atoms with E-state index in [0.29, 0.717) is 6.04 Å². The second-order valence-corrected chi connectivity index (χ2v) is 6.47. The Hall–Kier alpha value is -0.860. The summed E-state index contributed by atoms with van der Waals surface area (Å²) >= 11 is 0. The summed E-state index contributed by atoms with van der Waals surface area (Å²) in [5.74, 6) is 0. The molecule has 2 rings (SSSR count). The van der Waals surface area contributed by atoms with Crippen LogP contribution in [0.4, 0.5) is 0 Å². The van der Waals surface area contributed by atoms with Crippen LogP contribution in [0, 0.1) is 0 Å². The highest BCUT2D eigenvalue weighted by molar-refractivity contribution is 5.28. The number of hydrogen-bond donors (Lipinski definition) is 1. The summed E-state index contributed by atoms with van der Waals surface area (Å²) in [5, 5.41) is 11.1. The molecular formula is C18H29NO. The molecular weight excluding hydrogens is 246 g/mol. The van der Waals surface area contributed by atoms with Crippen molar-refractivity contribution in [3.8, 4) is 0 Å². The molecule has 1 unspecified atom stereocenters. The molecule has 0 bridgehead atoms. The summed E-state index contributed by atoms with van der Waals surface area (Å²) in [4.78, 5) is 2.48. The number of hydrogen-bond acceptors (Lipinski definition) is 2. The maximum atomic E-state index is 11.1. The molecule has 1 heterocycles. The van der Waals surface area contributed by atoms with Crippen LogP contribution in [-0.4, -0.2) is 29.1 Å².